The number of imidazole rings is 1. The molecule has 124 valence electrons. The first kappa shape index (κ1) is 15.1. The Hall–Kier alpha value is -3.48. The van der Waals surface area contributed by atoms with Gasteiger partial charge in [-0.3, -0.25) is 4.57 Å². The molecule has 0 amide bonds. The van der Waals surface area contributed by atoms with Gasteiger partial charge < -0.3 is 9.51 Å². The van der Waals surface area contributed by atoms with E-state index >= 15 is 0 Å². The number of H-pyrrole nitrogens is 1. The fourth-order valence-corrected chi connectivity index (χ4v) is 2.49. The Kier molecular flexibility index (Phi) is 3.53. The maximum Gasteiger partial charge on any atom is 0.330 e. The number of hydrogen-bond donors (Lipinski definition) is 1. The molecule has 4 rings (SSSR count). The minimum Gasteiger partial charge on any atom is -0.334 e. The van der Waals surface area contributed by atoms with E-state index in [1.54, 1.807) is 12.4 Å². The van der Waals surface area contributed by atoms with Crippen LogP contribution in [0.15, 0.2) is 58.1 Å². The van der Waals surface area contributed by atoms with Gasteiger partial charge in [-0.1, -0.05) is 11.2 Å². The molecule has 0 radical (unpaired) electrons. The summed E-state index contributed by atoms with van der Waals surface area (Å²) in [6.45, 7) is 3.95. The summed E-state index contributed by atoms with van der Waals surface area (Å²) in [5, 5.41) is 4.01. The lowest BCUT2D eigenvalue weighted by molar-refractivity contribution is 0.432. The molecule has 0 saturated carbocycles. The van der Waals surface area contributed by atoms with Gasteiger partial charge in [-0.15, -0.1) is 0 Å². The number of aromatic amines is 1. The molecule has 0 bridgehead atoms. The number of aromatic nitrogens is 5. The molecule has 0 aliphatic rings. The SMILES string of the molecule is Cc1ccc(-c2noc(-c3ccc(-n4cc[nH]c4=O)cc3)n2)nc1C. The Labute approximate surface area is 143 Å². The van der Waals surface area contributed by atoms with Crippen molar-refractivity contribution in [1.29, 1.82) is 0 Å². The van der Waals surface area contributed by atoms with Crippen LogP contribution in [0.1, 0.15) is 11.3 Å². The van der Waals surface area contributed by atoms with E-state index in [0.29, 0.717) is 17.4 Å². The van der Waals surface area contributed by atoms with Gasteiger partial charge in [0.05, 0.1) is 5.69 Å². The second-order valence-corrected chi connectivity index (χ2v) is 5.70. The fraction of sp³-hybridized carbons (Fsp3) is 0.111. The van der Waals surface area contributed by atoms with Crippen molar-refractivity contribution in [1.82, 2.24) is 24.7 Å². The van der Waals surface area contributed by atoms with Crippen molar-refractivity contribution >= 4 is 0 Å². The molecule has 1 aromatic carbocycles. The van der Waals surface area contributed by atoms with Crippen LogP contribution in [0, 0.1) is 13.8 Å². The van der Waals surface area contributed by atoms with Gasteiger partial charge in [0.15, 0.2) is 0 Å². The molecule has 0 aliphatic heterocycles. The summed E-state index contributed by atoms with van der Waals surface area (Å²) in [5.74, 6) is 0.854. The second kappa shape index (κ2) is 5.86. The van der Waals surface area contributed by atoms with E-state index < -0.39 is 0 Å². The van der Waals surface area contributed by atoms with Crippen molar-refractivity contribution in [3.8, 4) is 28.7 Å². The van der Waals surface area contributed by atoms with Gasteiger partial charge in [0.2, 0.25) is 5.82 Å². The average molecular weight is 333 g/mol. The summed E-state index contributed by atoms with van der Waals surface area (Å²) < 4.78 is 6.87. The van der Waals surface area contributed by atoms with Crippen LogP contribution in [0.3, 0.4) is 0 Å². The van der Waals surface area contributed by atoms with E-state index in [1.807, 2.05) is 50.2 Å². The van der Waals surface area contributed by atoms with Crippen LogP contribution in [-0.4, -0.2) is 24.7 Å². The summed E-state index contributed by atoms with van der Waals surface area (Å²) in [7, 11) is 0. The fourth-order valence-electron chi connectivity index (χ4n) is 2.49. The van der Waals surface area contributed by atoms with Crippen molar-refractivity contribution in [2.24, 2.45) is 0 Å². The van der Waals surface area contributed by atoms with Crippen LogP contribution in [-0.2, 0) is 0 Å². The number of nitrogens with zero attached hydrogens (tertiary/aromatic N) is 4. The number of benzene rings is 1. The van der Waals surface area contributed by atoms with Crippen molar-refractivity contribution in [2.75, 3.05) is 0 Å². The van der Waals surface area contributed by atoms with E-state index in [4.69, 9.17) is 4.52 Å². The van der Waals surface area contributed by atoms with Crippen LogP contribution >= 0.6 is 0 Å². The van der Waals surface area contributed by atoms with Gasteiger partial charge in [0.25, 0.3) is 5.89 Å². The molecule has 4 aromatic rings. The molecule has 0 aliphatic carbocycles. The predicted octanol–water partition coefficient (Wildman–Crippen LogP) is 2.89. The quantitative estimate of drug-likeness (QED) is 0.622. The summed E-state index contributed by atoms with van der Waals surface area (Å²) in [6, 6.07) is 11.2. The maximum atomic E-state index is 11.6. The van der Waals surface area contributed by atoms with Gasteiger partial charge in [-0.05, 0) is 49.7 Å². The van der Waals surface area contributed by atoms with Crippen molar-refractivity contribution in [3.05, 3.63) is 70.5 Å². The summed E-state index contributed by atoms with van der Waals surface area (Å²) in [5.41, 5.74) is 4.07. The standard InChI is InChI=1S/C18H15N5O2/c1-11-3-8-15(20-12(11)2)16-21-17(25-22-16)13-4-6-14(7-5-13)23-10-9-19-18(23)24/h3-10H,1-2H3,(H,19,24). The van der Waals surface area contributed by atoms with E-state index in [9.17, 15) is 4.79 Å². The van der Waals surface area contributed by atoms with Crippen LogP contribution in [0.5, 0.6) is 0 Å². The Bertz CT molecular complexity index is 1090. The molecule has 3 aromatic heterocycles. The van der Waals surface area contributed by atoms with Gasteiger partial charge in [0, 0.05) is 23.7 Å². The predicted molar refractivity (Wildman–Crippen MR) is 92.4 cm³/mol. The molecule has 0 spiro atoms. The lowest BCUT2D eigenvalue weighted by atomic mass is 10.2. The Balaban J connectivity index is 1.65. The highest BCUT2D eigenvalue weighted by molar-refractivity contribution is 5.59. The van der Waals surface area contributed by atoms with Crippen LogP contribution < -0.4 is 5.69 Å². The Morgan fingerprint density at radius 1 is 1.04 bits per heavy atom. The van der Waals surface area contributed by atoms with E-state index in [2.05, 4.69) is 20.1 Å². The lowest BCUT2D eigenvalue weighted by Gasteiger charge is -2.01. The summed E-state index contributed by atoms with van der Waals surface area (Å²) in [6.07, 6.45) is 3.27. The number of pyridine rings is 1. The third-order valence-corrected chi connectivity index (χ3v) is 4.05. The first-order chi connectivity index (χ1) is 12.1. The van der Waals surface area contributed by atoms with Gasteiger partial charge in [-0.25, -0.2) is 9.78 Å². The minimum absolute atomic E-state index is 0.186. The zero-order valence-electron chi connectivity index (χ0n) is 13.7. The third-order valence-electron chi connectivity index (χ3n) is 4.05. The van der Waals surface area contributed by atoms with Gasteiger partial charge >= 0.3 is 5.69 Å². The first-order valence-corrected chi connectivity index (χ1v) is 7.77. The van der Waals surface area contributed by atoms with Crippen molar-refractivity contribution in [2.45, 2.75) is 13.8 Å². The van der Waals surface area contributed by atoms with Crippen molar-refractivity contribution < 1.29 is 4.52 Å². The molecule has 0 atom stereocenters. The monoisotopic (exact) mass is 333 g/mol. The number of hydrogen-bond acceptors (Lipinski definition) is 5. The molecule has 0 unspecified atom stereocenters. The highest BCUT2D eigenvalue weighted by Crippen LogP contribution is 2.22. The highest BCUT2D eigenvalue weighted by Gasteiger charge is 2.12. The van der Waals surface area contributed by atoms with E-state index in [1.165, 1.54) is 4.57 Å². The molecular formula is C18H15N5O2. The van der Waals surface area contributed by atoms with E-state index in [0.717, 1.165) is 22.5 Å². The number of nitrogens with one attached hydrogen (secondary N) is 1. The molecule has 1 N–H and O–H groups in total. The van der Waals surface area contributed by atoms with Crippen LogP contribution in [0.4, 0.5) is 0 Å². The Morgan fingerprint density at radius 3 is 2.52 bits per heavy atom. The molecular weight excluding hydrogens is 318 g/mol. The van der Waals surface area contributed by atoms with Crippen LogP contribution in [0.2, 0.25) is 0 Å². The molecule has 7 heteroatoms. The first-order valence-electron chi connectivity index (χ1n) is 7.77. The lowest BCUT2D eigenvalue weighted by Crippen LogP contribution is -2.13. The average Bonchev–Trinajstić information content (AvgIpc) is 3.27. The van der Waals surface area contributed by atoms with Crippen LogP contribution in [0.25, 0.3) is 28.7 Å². The second-order valence-electron chi connectivity index (χ2n) is 5.70. The van der Waals surface area contributed by atoms with Crippen molar-refractivity contribution in [3.63, 3.8) is 0 Å². The molecule has 3 heterocycles. The molecule has 0 fully saturated rings. The molecule has 7 nitrogen and oxygen atoms in total. The van der Waals surface area contributed by atoms with E-state index in [-0.39, 0.29) is 5.69 Å². The Morgan fingerprint density at radius 2 is 1.84 bits per heavy atom. The normalized spacial score (nSPS) is 11.0. The molecule has 0 saturated heterocycles. The third kappa shape index (κ3) is 2.76. The molecule has 25 heavy (non-hydrogen) atoms. The van der Waals surface area contributed by atoms with Gasteiger partial charge in [0.1, 0.15) is 5.69 Å². The highest BCUT2D eigenvalue weighted by atomic mass is 16.5. The summed E-state index contributed by atoms with van der Waals surface area (Å²) >= 11 is 0. The topological polar surface area (TPSA) is 89.6 Å². The maximum absolute atomic E-state index is 11.6. The number of rotatable bonds is 3. The van der Waals surface area contributed by atoms with Gasteiger partial charge in [-0.2, -0.15) is 4.98 Å². The largest absolute Gasteiger partial charge is 0.334 e. The zero-order valence-corrected chi connectivity index (χ0v) is 13.7. The zero-order chi connectivity index (χ0) is 17.4. The number of aryl methyl sites for hydroxylation is 2. The summed E-state index contributed by atoms with van der Waals surface area (Å²) in [4.78, 5) is 23.1. The minimum atomic E-state index is -0.186. The smallest absolute Gasteiger partial charge is 0.330 e.